The maximum atomic E-state index is 6.46. The zero-order valence-electron chi connectivity index (χ0n) is 16.5. The molecule has 144 valence electrons. The van der Waals surface area contributed by atoms with E-state index in [1.807, 2.05) is 0 Å². The van der Waals surface area contributed by atoms with E-state index in [9.17, 15) is 0 Å². The molecule has 0 aromatic carbocycles. The van der Waals surface area contributed by atoms with Crippen molar-refractivity contribution in [1.82, 2.24) is 0 Å². The van der Waals surface area contributed by atoms with E-state index in [2.05, 4.69) is 13.8 Å². The molecule has 0 aromatic heterocycles. The lowest BCUT2D eigenvalue weighted by molar-refractivity contribution is 0.171. The van der Waals surface area contributed by atoms with Crippen LogP contribution in [-0.2, 0) is 13.3 Å². The molecule has 0 saturated carbocycles. The van der Waals surface area contributed by atoms with E-state index in [4.69, 9.17) is 13.3 Å². The molecule has 1 heterocycles. The molecular formula is C18H42O3Si3. The highest BCUT2D eigenvalue weighted by atomic mass is 29.6. The van der Waals surface area contributed by atoms with Gasteiger partial charge in [0.2, 0.25) is 0 Å². The first-order valence-corrected chi connectivity index (χ1v) is 19.6. The minimum Gasteiger partial charge on any atom is -0.428 e. The van der Waals surface area contributed by atoms with Gasteiger partial charge in [0.05, 0.1) is 0 Å². The third-order valence-electron chi connectivity index (χ3n) is 4.98. The molecule has 1 aliphatic heterocycles. The summed E-state index contributed by atoms with van der Waals surface area (Å²) in [6.45, 7) is 7.39. The second kappa shape index (κ2) is 15.8. The van der Waals surface area contributed by atoms with Crippen molar-refractivity contribution in [1.29, 1.82) is 0 Å². The van der Waals surface area contributed by atoms with Gasteiger partial charge in [-0.2, -0.15) is 0 Å². The summed E-state index contributed by atoms with van der Waals surface area (Å²) in [7, 11) is -2.17. The van der Waals surface area contributed by atoms with E-state index in [0.29, 0.717) is 0 Å². The molecule has 1 saturated heterocycles. The van der Waals surface area contributed by atoms with Crippen LogP contribution < -0.4 is 0 Å². The average molecular weight is 391 g/mol. The van der Waals surface area contributed by atoms with Crippen LogP contribution in [0.1, 0.15) is 90.9 Å². The predicted octanol–water partition coefficient (Wildman–Crippen LogP) is 3.88. The van der Waals surface area contributed by atoms with Crippen molar-refractivity contribution in [2.24, 2.45) is 0 Å². The van der Waals surface area contributed by atoms with Gasteiger partial charge in [-0.15, -0.1) is 0 Å². The van der Waals surface area contributed by atoms with Crippen molar-refractivity contribution < 1.29 is 13.3 Å². The highest BCUT2D eigenvalue weighted by Crippen LogP contribution is 2.18. The molecule has 0 spiro atoms. The van der Waals surface area contributed by atoms with Crippen LogP contribution in [0.4, 0.5) is 0 Å². The zero-order valence-corrected chi connectivity index (χ0v) is 20.3. The summed E-state index contributed by atoms with van der Waals surface area (Å²) in [6, 6.07) is 1.12. The van der Waals surface area contributed by atoms with E-state index >= 15 is 0 Å². The first-order chi connectivity index (χ1) is 11.8. The Labute approximate surface area is 156 Å². The van der Waals surface area contributed by atoms with Gasteiger partial charge < -0.3 is 13.3 Å². The van der Waals surface area contributed by atoms with E-state index in [-0.39, 0.29) is 17.8 Å². The first-order valence-electron chi connectivity index (χ1n) is 10.7. The monoisotopic (exact) mass is 390 g/mol. The second-order valence-corrected chi connectivity index (χ2v) is 21.9. The van der Waals surface area contributed by atoms with Gasteiger partial charge in [-0.1, -0.05) is 78.1 Å². The van der Waals surface area contributed by atoms with Crippen LogP contribution in [0.2, 0.25) is 6.04 Å². The Hall–Kier alpha value is 0.531. The van der Waals surface area contributed by atoms with Gasteiger partial charge >= 0.3 is 8.08 Å². The molecule has 1 rings (SSSR count). The van der Waals surface area contributed by atoms with Crippen molar-refractivity contribution in [2.75, 3.05) is 19.8 Å². The summed E-state index contributed by atoms with van der Waals surface area (Å²) in [5, 5.41) is 0. The Kier molecular flexibility index (Phi) is 14.8. The molecule has 0 radical (unpaired) electrons. The quantitative estimate of drug-likeness (QED) is 0.296. The molecule has 1 aliphatic rings. The Morgan fingerprint density at radius 1 is 0.750 bits per heavy atom. The summed E-state index contributed by atoms with van der Waals surface area (Å²) in [6.07, 6.45) is 16.1. The molecule has 0 N–H and O–H groups in total. The minimum absolute atomic E-state index is 0.168. The number of unbranched alkanes of at least 4 members (excludes halogenated alkanes) is 10. The van der Waals surface area contributed by atoms with Gasteiger partial charge in [-0.25, -0.2) is 0 Å². The molecule has 0 unspecified atom stereocenters. The topological polar surface area (TPSA) is 27.7 Å². The van der Waals surface area contributed by atoms with Crippen LogP contribution in [0.3, 0.4) is 0 Å². The summed E-state index contributed by atoms with van der Waals surface area (Å²) < 4.78 is 18.7. The van der Waals surface area contributed by atoms with Crippen molar-refractivity contribution in [3.05, 3.63) is 0 Å². The van der Waals surface area contributed by atoms with Crippen LogP contribution in [0, 0.1) is 0 Å². The molecule has 1 fully saturated rings. The Morgan fingerprint density at radius 2 is 1.25 bits per heavy atom. The molecule has 0 bridgehead atoms. The Bertz CT molecular complexity index is 254. The molecule has 0 aromatic rings. The van der Waals surface area contributed by atoms with Crippen LogP contribution in [0.15, 0.2) is 0 Å². The maximum Gasteiger partial charge on any atom is 0.310 e. The smallest absolute Gasteiger partial charge is 0.310 e. The minimum atomic E-state index is -1.76. The van der Waals surface area contributed by atoms with Gasteiger partial charge in [0.1, 0.15) is 17.8 Å². The molecule has 0 aliphatic carbocycles. The maximum absolute atomic E-state index is 6.46. The third-order valence-corrected chi connectivity index (χ3v) is 23.7. The highest BCUT2D eigenvalue weighted by Gasteiger charge is 2.39. The summed E-state index contributed by atoms with van der Waals surface area (Å²) in [4.78, 5) is 0. The number of hydrogen-bond donors (Lipinski definition) is 0. The molecule has 0 atom stereocenters. The zero-order chi connectivity index (χ0) is 17.3. The van der Waals surface area contributed by atoms with Crippen molar-refractivity contribution >= 4 is 25.9 Å². The summed E-state index contributed by atoms with van der Waals surface area (Å²) in [5.74, 6) is 0. The number of hydrogen-bond acceptors (Lipinski definition) is 3. The molecule has 3 nitrogen and oxygen atoms in total. The van der Waals surface area contributed by atoms with Gasteiger partial charge in [0, 0.05) is 25.9 Å². The van der Waals surface area contributed by atoms with Crippen LogP contribution in [0.5, 0.6) is 0 Å². The van der Waals surface area contributed by atoms with E-state index in [1.54, 1.807) is 0 Å². The van der Waals surface area contributed by atoms with Crippen molar-refractivity contribution in [3.8, 4) is 0 Å². The van der Waals surface area contributed by atoms with Gasteiger partial charge in [-0.05, 0) is 12.8 Å². The summed E-state index contributed by atoms with van der Waals surface area (Å²) >= 11 is 0. The van der Waals surface area contributed by atoms with Crippen molar-refractivity contribution in [2.45, 2.75) is 96.9 Å². The first kappa shape index (κ1) is 22.6. The normalized spacial score (nSPS) is 19.2. The van der Waals surface area contributed by atoms with Crippen LogP contribution in [-0.4, -0.2) is 45.7 Å². The standard InChI is InChI=1S/C18H42O3Si3/c1-3-5-7-9-11-13-15-20-24(18-17-19-22-23-24)21-16-14-12-10-8-6-4-2/h3-18,22-23H2,1-2H3. The summed E-state index contributed by atoms with van der Waals surface area (Å²) in [5.41, 5.74) is 0. The lowest BCUT2D eigenvalue weighted by Gasteiger charge is -2.34. The van der Waals surface area contributed by atoms with Crippen molar-refractivity contribution in [3.63, 3.8) is 0 Å². The van der Waals surface area contributed by atoms with Crippen LogP contribution >= 0.6 is 0 Å². The molecular weight excluding hydrogens is 348 g/mol. The lowest BCUT2D eigenvalue weighted by Crippen LogP contribution is -2.55. The third kappa shape index (κ3) is 11.2. The Balaban J connectivity index is 2.12. The number of rotatable bonds is 16. The molecule has 0 amide bonds. The van der Waals surface area contributed by atoms with Gasteiger partial charge in [-0.3, -0.25) is 0 Å². The van der Waals surface area contributed by atoms with E-state index in [0.717, 1.165) is 25.9 Å². The SMILES string of the molecule is CCCCCCCCO[Si]1(OCCCCCCCC)CCO[SiH2][SiH2]1. The lowest BCUT2D eigenvalue weighted by atomic mass is 10.1. The molecule has 24 heavy (non-hydrogen) atoms. The fraction of sp³-hybridized carbons (Fsp3) is 1.00. The fourth-order valence-corrected chi connectivity index (χ4v) is 20.6. The van der Waals surface area contributed by atoms with Gasteiger partial charge in [0.25, 0.3) is 0 Å². The average Bonchev–Trinajstić information content (AvgIpc) is 2.61. The van der Waals surface area contributed by atoms with Crippen LogP contribution in [0.25, 0.3) is 0 Å². The van der Waals surface area contributed by atoms with Gasteiger partial charge in [0.15, 0.2) is 0 Å². The predicted molar refractivity (Wildman–Crippen MR) is 112 cm³/mol. The molecule has 6 heteroatoms. The fourth-order valence-electron chi connectivity index (χ4n) is 3.29. The Morgan fingerprint density at radius 3 is 1.71 bits per heavy atom. The highest BCUT2D eigenvalue weighted by molar-refractivity contribution is 7.38. The van der Waals surface area contributed by atoms with E-state index < -0.39 is 8.08 Å². The van der Waals surface area contributed by atoms with E-state index in [1.165, 1.54) is 77.0 Å². The largest absolute Gasteiger partial charge is 0.428 e. The second-order valence-electron chi connectivity index (χ2n) is 7.26.